The van der Waals surface area contributed by atoms with Crippen LogP contribution in [0.25, 0.3) is 0 Å². The highest BCUT2D eigenvalue weighted by Crippen LogP contribution is 2.33. The Hall–Kier alpha value is -0.740. The van der Waals surface area contributed by atoms with E-state index in [1.165, 1.54) is 0 Å². The quantitative estimate of drug-likeness (QED) is 0.915. The van der Waals surface area contributed by atoms with Gasteiger partial charge in [0.25, 0.3) is 0 Å². The molecule has 5 heteroatoms. The van der Waals surface area contributed by atoms with Crippen molar-refractivity contribution in [1.82, 2.24) is 0 Å². The summed E-state index contributed by atoms with van der Waals surface area (Å²) >= 11 is 9.37. The number of aryl methyl sites for hydroxylation is 1. The lowest BCUT2D eigenvalue weighted by atomic mass is 9.95. The first-order valence-corrected chi connectivity index (χ1v) is 6.23. The van der Waals surface area contributed by atoms with Crippen LogP contribution in [0.4, 0.5) is 0 Å². The van der Waals surface area contributed by atoms with Gasteiger partial charge in [0.05, 0.1) is 10.4 Å². The van der Waals surface area contributed by atoms with Gasteiger partial charge in [0.1, 0.15) is 12.4 Å². The minimum atomic E-state index is -0.942. The topological polar surface area (TPSA) is 46.5 Å². The number of carboxylic acid groups (broad SMARTS) is 1. The number of benzene rings is 1. The van der Waals surface area contributed by atoms with Crippen LogP contribution in [-0.4, -0.2) is 17.7 Å². The highest BCUT2D eigenvalue weighted by Gasteiger charge is 2.28. The van der Waals surface area contributed by atoms with Crippen LogP contribution < -0.4 is 4.74 Å². The van der Waals surface area contributed by atoms with Gasteiger partial charge in [-0.05, 0) is 38.5 Å². The fraction of sp³-hybridized carbons (Fsp3) is 0.417. The molecule has 0 fully saturated rings. The predicted molar refractivity (Wildman–Crippen MR) is 70.8 cm³/mol. The van der Waals surface area contributed by atoms with Gasteiger partial charge in [0.15, 0.2) is 0 Å². The lowest BCUT2D eigenvalue weighted by molar-refractivity contribution is -0.148. The van der Waals surface area contributed by atoms with Gasteiger partial charge in [-0.2, -0.15) is 0 Å². The molecule has 1 aromatic carbocycles. The van der Waals surface area contributed by atoms with Crippen LogP contribution in [0, 0.1) is 12.3 Å². The summed E-state index contributed by atoms with van der Waals surface area (Å²) in [5, 5.41) is 9.45. The van der Waals surface area contributed by atoms with Gasteiger partial charge < -0.3 is 9.84 Å². The molecule has 0 amide bonds. The molecule has 0 spiro atoms. The number of rotatable bonds is 4. The van der Waals surface area contributed by atoms with Crippen molar-refractivity contribution in [3.05, 3.63) is 27.2 Å². The van der Waals surface area contributed by atoms with Crippen molar-refractivity contribution in [3.63, 3.8) is 0 Å². The molecule has 1 N–H and O–H groups in total. The van der Waals surface area contributed by atoms with Gasteiger partial charge in [-0.15, -0.1) is 0 Å². The van der Waals surface area contributed by atoms with Crippen LogP contribution >= 0.6 is 27.5 Å². The summed E-state index contributed by atoms with van der Waals surface area (Å²) in [6, 6.07) is 3.59. The maximum atomic E-state index is 10.9. The molecule has 1 aromatic rings. The van der Waals surface area contributed by atoms with Crippen LogP contribution in [0.5, 0.6) is 5.75 Å². The average molecular weight is 322 g/mol. The molecule has 1 rings (SSSR count). The minimum absolute atomic E-state index is 0.0739. The fourth-order valence-corrected chi connectivity index (χ4v) is 2.21. The van der Waals surface area contributed by atoms with Crippen LogP contribution in [0.3, 0.4) is 0 Å². The molecular weight excluding hydrogens is 307 g/mol. The molecule has 17 heavy (non-hydrogen) atoms. The van der Waals surface area contributed by atoms with Gasteiger partial charge in [-0.25, -0.2) is 0 Å². The molecule has 0 heterocycles. The van der Waals surface area contributed by atoms with E-state index in [0.717, 1.165) is 10.0 Å². The van der Waals surface area contributed by atoms with E-state index in [9.17, 15) is 4.79 Å². The highest BCUT2D eigenvalue weighted by atomic mass is 79.9. The number of ether oxygens (including phenoxy) is 1. The van der Waals surface area contributed by atoms with Crippen molar-refractivity contribution < 1.29 is 14.6 Å². The van der Waals surface area contributed by atoms with Crippen molar-refractivity contribution in [2.24, 2.45) is 5.41 Å². The largest absolute Gasteiger partial charge is 0.491 e. The molecule has 0 atom stereocenters. The van der Waals surface area contributed by atoms with Crippen molar-refractivity contribution in [2.75, 3.05) is 6.61 Å². The Morgan fingerprint density at radius 1 is 1.53 bits per heavy atom. The third-order valence-electron chi connectivity index (χ3n) is 2.35. The zero-order chi connectivity index (χ0) is 13.2. The molecule has 0 aromatic heterocycles. The molecule has 3 nitrogen and oxygen atoms in total. The Kier molecular flexibility index (Phi) is 4.44. The molecule has 0 saturated carbocycles. The maximum Gasteiger partial charge on any atom is 0.312 e. The average Bonchev–Trinajstić information content (AvgIpc) is 2.15. The maximum absolute atomic E-state index is 10.9. The Bertz CT molecular complexity index is 420. The number of hydrogen-bond donors (Lipinski definition) is 1. The van der Waals surface area contributed by atoms with E-state index in [0.29, 0.717) is 10.8 Å². The molecule has 0 aliphatic carbocycles. The van der Waals surface area contributed by atoms with E-state index in [1.54, 1.807) is 19.9 Å². The molecule has 0 unspecified atom stereocenters. The van der Waals surface area contributed by atoms with Crippen LogP contribution in [0.2, 0.25) is 5.02 Å². The van der Waals surface area contributed by atoms with Gasteiger partial charge >= 0.3 is 5.97 Å². The number of halogens is 2. The third-order valence-corrected chi connectivity index (χ3v) is 3.09. The van der Waals surface area contributed by atoms with E-state index in [1.807, 2.05) is 13.0 Å². The van der Waals surface area contributed by atoms with Gasteiger partial charge in [0, 0.05) is 4.47 Å². The number of carboxylic acids is 1. The van der Waals surface area contributed by atoms with Crippen molar-refractivity contribution >= 4 is 33.5 Å². The number of aliphatic carboxylic acids is 1. The Morgan fingerprint density at radius 3 is 2.59 bits per heavy atom. The summed E-state index contributed by atoms with van der Waals surface area (Å²) in [4.78, 5) is 10.9. The van der Waals surface area contributed by atoms with Crippen molar-refractivity contribution in [1.29, 1.82) is 0 Å². The standard InChI is InChI=1S/C12H14BrClO3/c1-7-4-8(13)5-9(14)10(7)17-6-12(2,3)11(15)16/h4-5H,6H2,1-3H3,(H,15,16). The summed E-state index contributed by atoms with van der Waals surface area (Å²) in [6.07, 6.45) is 0. The Labute approximate surface area is 114 Å². The Morgan fingerprint density at radius 2 is 2.12 bits per heavy atom. The van der Waals surface area contributed by atoms with E-state index in [2.05, 4.69) is 15.9 Å². The predicted octanol–water partition coefficient (Wildman–Crippen LogP) is 3.90. The lowest BCUT2D eigenvalue weighted by Gasteiger charge is -2.21. The SMILES string of the molecule is Cc1cc(Br)cc(Cl)c1OCC(C)(C)C(=O)O. The van der Waals surface area contributed by atoms with Gasteiger partial charge in [-0.3, -0.25) is 4.79 Å². The summed E-state index contributed by atoms with van der Waals surface area (Å²) in [5.74, 6) is -0.368. The monoisotopic (exact) mass is 320 g/mol. The van der Waals surface area contributed by atoms with Crippen LogP contribution in [0.1, 0.15) is 19.4 Å². The van der Waals surface area contributed by atoms with E-state index >= 15 is 0 Å². The normalized spacial score (nSPS) is 11.4. The number of hydrogen-bond acceptors (Lipinski definition) is 2. The lowest BCUT2D eigenvalue weighted by Crippen LogP contribution is -2.30. The molecular formula is C12H14BrClO3. The first-order chi connectivity index (χ1) is 7.74. The smallest absolute Gasteiger partial charge is 0.312 e. The highest BCUT2D eigenvalue weighted by molar-refractivity contribution is 9.10. The van der Waals surface area contributed by atoms with E-state index < -0.39 is 11.4 Å². The molecule has 0 bridgehead atoms. The van der Waals surface area contributed by atoms with Crippen molar-refractivity contribution in [2.45, 2.75) is 20.8 Å². The second-order valence-electron chi connectivity index (χ2n) is 4.51. The summed E-state index contributed by atoms with van der Waals surface area (Å²) in [6.45, 7) is 5.15. The Balaban J connectivity index is 2.87. The molecule has 94 valence electrons. The van der Waals surface area contributed by atoms with Gasteiger partial charge in [0.2, 0.25) is 0 Å². The molecule has 0 radical (unpaired) electrons. The zero-order valence-corrected chi connectivity index (χ0v) is 12.2. The summed E-state index contributed by atoms with van der Waals surface area (Å²) < 4.78 is 6.38. The van der Waals surface area contributed by atoms with E-state index in [-0.39, 0.29) is 6.61 Å². The minimum Gasteiger partial charge on any atom is -0.491 e. The molecule has 0 aliphatic heterocycles. The number of carbonyl (C=O) groups is 1. The van der Waals surface area contributed by atoms with Crippen LogP contribution in [0.15, 0.2) is 16.6 Å². The first kappa shape index (κ1) is 14.3. The summed E-state index contributed by atoms with van der Waals surface area (Å²) in [7, 11) is 0. The molecule has 0 saturated heterocycles. The first-order valence-electron chi connectivity index (χ1n) is 5.06. The fourth-order valence-electron chi connectivity index (χ4n) is 1.19. The molecule has 0 aliphatic rings. The third kappa shape index (κ3) is 3.61. The second kappa shape index (κ2) is 5.27. The van der Waals surface area contributed by atoms with Crippen LogP contribution in [-0.2, 0) is 4.79 Å². The second-order valence-corrected chi connectivity index (χ2v) is 5.83. The zero-order valence-electron chi connectivity index (χ0n) is 9.88. The van der Waals surface area contributed by atoms with Gasteiger partial charge in [-0.1, -0.05) is 27.5 Å². The van der Waals surface area contributed by atoms with E-state index in [4.69, 9.17) is 21.4 Å². The van der Waals surface area contributed by atoms with Crippen molar-refractivity contribution in [3.8, 4) is 5.75 Å². The summed E-state index contributed by atoms with van der Waals surface area (Å²) in [5.41, 5.74) is -0.0754.